The largest absolute Gasteiger partial charge is 0.494 e. The van der Waals surface area contributed by atoms with E-state index in [-0.39, 0.29) is 5.91 Å². The Kier molecular flexibility index (Phi) is 8.36. The van der Waals surface area contributed by atoms with Crippen molar-refractivity contribution in [3.05, 3.63) is 65.1 Å². The zero-order valence-electron chi connectivity index (χ0n) is 18.6. The minimum atomic E-state index is -0.152. The van der Waals surface area contributed by atoms with Crippen LogP contribution >= 0.6 is 24.0 Å². The van der Waals surface area contributed by atoms with Crippen LogP contribution in [0.15, 0.2) is 54.0 Å². The van der Waals surface area contributed by atoms with Crippen molar-refractivity contribution >= 4 is 46.0 Å². The van der Waals surface area contributed by atoms with Crippen molar-refractivity contribution in [3.8, 4) is 17.2 Å². The number of allylic oxidation sites excluding steroid dienone is 1. The molecule has 1 aliphatic rings. The Labute approximate surface area is 199 Å². The van der Waals surface area contributed by atoms with Crippen LogP contribution in [0.2, 0.25) is 0 Å². The van der Waals surface area contributed by atoms with Gasteiger partial charge in [-0.1, -0.05) is 30.1 Å². The van der Waals surface area contributed by atoms with Crippen LogP contribution in [0.3, 0.4) is 0 Å². The number of hydrogen-bond donors (Lipinski definition) is 0. The van der Waals surface area contributed by atoms with Crippen molar-refractivity contribution in [1.29, 1.82) is 0 Å². The highest BCUT2D eigenvalue weighted by Crippen LogP contribution is 2.39. The lowest BCUT2D eigenvalue weighted by Crippen LogP contribution is -2.27. The molecular weight excluding hydrogens is 442 g/mol. The maximum Gasteiger partial charge on any atom is 0.270 e. The Morgan fingerprint density at radius 2 is 1.72 bits per heavy atom. The first-order valence-electron chi connectivity index (χ1n) is 10.6. The molecule has 2 aromatic carbocycles. The number of nitrogens with zero attached hydrogens (tertiary/aromatic N) is 1. The fourth-order valence-corrected chi connectivity index (χ4v) is 4.64. The van der Waals surface area contributed by atoms with E-state index in [9.17, 15) is 4.79 Å². The molecule has 1 heterocycles. The van der Waals surface area contributed by atoms with Gasteiger partial charge in [0.1, 0.15) is 5.75 Å². The Morgan fingerprint density at radius 1 is 1.03 bits per heavy atom. The Hall–Kier alpha value is -2.77. The number of thiocarbonyl (C=S) groups is 1. The standard InChI is InChI=1S/C25H27NO4S2/c1-5-9-18-14-17(15-21(29-7-3)23(18)30-8-4)16-22-24(27)26(25(31)32-22)19-10-12-20(13-11-19)28-6-2/h5,10-16H,1,6-9H2,2-4H3. The van der Waals surface area contributed by atoms with Gasteiger partial charge in [-0.15, -0.1) is 6.58 Å². The van der Waals surface area contributed by atoms with Crippen molar-refractivity contribution < 1.29 is 19.0 Å². The molecule has 0 aromatic heterocycles. The van der Waals surface area contributed by atoms with Crippen LogP contribution in [0.25, 0.3) is 6.08 Å². The van der Waals surface area contributed by atoms with Gasteiger partial charge in [0.25, 0.3) is 5.91 Å². The molecule has 0 radical (unpaired) electrons. The first kappa shape index (κ1) is 23.9. The third kappa shape index (κ3) is 5.34. The number of thioether (sulfide) groups is 1. The molecule has 32 heavy (non-hydrogen) atoms. The summed E-state index contributed by atoms with van der Waals surface area (Å²) in [6, 6.07) is 11.2. The van der Waals surface area contributed by atoms with E-state index < -0.39 is 0 Å². The summed E-state index contributed by atoms with van der Waals surface area (Å²) in [5.74, 6) is 1.97. The molecule has 5 nitrogen and oxygen atoms in total. The van der Waals surface area contributed by atoms with Crippen molar-refractivity contribution in [2.24, 2.45) is 0 Å². The first-order chi connectivity index (χ1) is 15.5. The second kappa shape index (κ2) is 11.2. The molecule has 1 amide bonds. The van der Waals surface area contributed by atoms with E-state index >= 15 is 0 Å². The van der Waals surface area contributed by atoms with Crippen molar-refractivity contribution in [3.63, 3.8) is 0 Å². The van der Waals surface area contributed by atoms with Gasteiger partial charge >= 0.3 is 0 Å². The van der Waals surface area contributed by atoms with E-state index in [0.29, 0.717) is 52.7 Å². The summed E-state index contributed by atoms with van der Waals surface area (Å²) >= 11 is 6.79. The number of rotatable bonds is 10. The van der Waals surface area contributed by atoms with Crippen LogP contribution in [0.1, 0.15) is 31.9 Å². The van der Waals surface area contributed by atoms with Gasteiger partial charge in [0, 0.05) is 5.56 Å². The van der Waals surface area contributed by atoms with Gasteiger partial charge in [0.2, 0.25) is 0 Å². The van der Waals surface area contributed by atoms with Gasteiger partial charge in [-0.2, -0.15) is 0 Å². The lowest BCUT2D eigenvalue weighted by atomic mass is 10.0. The molecule has 0 atom stereocenters. The van der Waals surface area contributed by atoms with E-state index in [1.54, 1.807) is 4.90 Å². The highest BCUT2D eigenvalue weighted by atomic mass is 32.2. The summed E-state index contributed by atoms with van der Waals surface area (Å²) in [7, 11) is 0. The Balaban J connectivity index is 1.94. The van der Waals surface area contributed by atoms with Crippen LogP contribution in [0, 0.1) is 0 Å². The van der Waals surface area contributed by atoms with Crippen LogP contribution in [0.4, 0.5) is 5.69 Å². The highest BCUT2D eigenvalue weighted by Gasteiger charge is 2.33. The summed E-state index contributed by atoms with van der Waals surface area (Å²) in [6.45, 7) is 11.3. The Bertz CT molecular complexity index is 1030. The van der Waals surface area contributed by atoms with Gasteiger partial charge in [0.15, 0.2) is 15.8 Å². The molecule has 1 fully saturated rings. The van der Waals surface area contributed by atoms with Crippen LogP contribution in [0.5, 0.6) is 17.2 Å². The topological polar surface area (TPSA) is 48.0 Å². The van der Waals surface area contributed by atoms with Crippen molar-refractivity contribution in [1.82, 2.24) is 0 Å². The molecule has 0 unspecified atom stereocenters. The lowest BCUT2D eigenvalue weighted by Gasteiger charge is -2.16. The first-order valence-corrected chi connectivity index (χ1v) is 11.8. The summed E-state index contributed by atoms with van der Waals surface area (Å²) < 4.78 is 17.6. The lowest BCUT2D eigenvalue weighted by molar-refractivity contribution is -0.113. The van der Waals surface area contributed by atoms with Gasteiger partial charge in [-0.05, 0) is 75.2 Å². The number of benzene rings is 2. The monoisotopic (exact) mass is 469 g/mol. The number of amides is 1. The molecule has 1 aliphatic heterocycles. The molecule has 7 heteroatoms. The Morgan fingerprint density at radius 3 is 2.34 bits per heavy atom. The van der Waals surface area contributed by atoms with E-state index in [0.717, 1.165) is 16.9 Å². The third-order valence-electron chi connectivity index (χ3n) is 4.60. The minimum Gasteiger partial charge on any atom is -0.494 e. The molecule has 0 saturated carbocycles. The predicted molar refractivity (Wildman–Crippen MR) is 136 cm³/mol. The summed E-state index contributed by atoms with van der Waals surface area (Å²) in [4.78, 5) is 15.3. The zero-order valence-corrected chi connectivity index (χ0v) is 20.2. The molecule has 0 N–H and O–H groups in total. The van der Waals surface area contributed by atoms with E-state index in [2.05, 4.69) is 6.58 Å². The quantitative estimate of drug-likeness (QED) is 0.241. The smallest absolute Gasteiger partial charge is 0.270 e. The van der Waals surface area contributed by atoms with Gasteiger partial charge in [-0.25, -0.2) is 0 Å². The van der Waals surface area contributed by atoms with E-state index in [1.165, 1.54) is 11.8 Å². The fraction of sp³-hybridized carbons (Fsp3) is 0.280. The average molecular weight is 470 g/mol. The summed E-state index contributed by atoms with van der Waals surface area (Å²) in [5, 5.41) is 0. The number of anilines is 1. The van der Waals surface area contributed by atoms with Crippen molar-refractivity contribution in [2.45, 2.75) is 27.2 Å². The van der Waals surface area contributed by atoms with Crippen molar-refractivity contribution in [2.75, 3.05) is 24.7 Å². The average Bonchev–Trinajstić information content (AvgIpc) is 3.04. The summed E-state index contributed by atoms with van der Waals surface area (Å²) in [5.41, 5.74) is 2.52. The normalized spacial score (nSPS) is 14.7. The number of ether oxygens (including phenoxy) is 3. The molecule has 168 valence electrons. The number of carbonyl (C=O) groups excluding carboxylic acids is 1. The molecule has 3 rings (SSSR count). The highest BCUT2D eigenvalue weighted by molar-refractivity contribution is 8.27. The fourth-order valence-electron chi connectivity index (χ4n) is 3.34. The molecule has 1 saturated heterocycles. The van der Waals surface area contributed by atoms with Gasteiger partial charge in [-0.3, -0.25) is 9.69 Å². The van der Waals surface area contributed by atoms with Gasteiger partial charge in [0.05, 0.1) is 30.4 Å². The number of carbonyl (C=O) groups is 1. The number of hydrogen-bond acceptors (Lipinski definition) is 6. The van der Waals surface area contributed by atoms with Crippen LogP contribution < -0.4 is 19.1 Å². The second-order valence-corrected chi connectivity index (χ2v) is 8.49. The maximum absolute atomic E-state index is 13.2. The summed E-state index contributed by atoms with van der Waals surface area (Å²) in [6.07, 6.45) is 4.30. The van der Waals surface area contributed by atoms with E-state index in [4.69, 9.17) is 26.4 Å². The minimum absolute atomic E-state index is 0.152. The SMILES string of the molecule is C=CCc1cc(C=C2SC(=S)N(c3ccc(OCC)cc3)C2=O)cc(OCC)c1OCC. The van der Waals surface area contributed by atoms with Crippen LogP contribution in [-0.4, -0.2) is 30.0 Å². The predicted octanol–water partition coefficient (Wildman–Crippen LogP) is 6.02. The molecule has 0 spiro atoms. The molecule has 0 aliphatic carbocycles. The maximum atomic E-state index is 13.2. The molecule has 2 aromatic rings. The molecular formula is C25H27NO4S2. The zero-order chi connectivity index (χ0) is 23.1. The van der Waals surface area contributed by atoms with Gasteiger partial charge < -0.3 is 14.2 Å². The second-order valence-electron chi connectivity index (χ2n) is 6.81. The molecule has 0 bridgehead atoms. The van der Waals surface area contributed by atoms with Crippen LogP contribution in [-0.2, 0) is 11.2 Å². The van der Waals surface area contributed by atoms with E-state index in [1.807, 2.05) is 69.3 Å². The third-order valence-corrected chi connectivity index (χ3v) is 5.91.